The van der Waals surface area contributed by atoms with Gasteiger partial charge in [0.25, 0.3) is 0 Å². The van der Waals surface area contributed by atoms with E-state index in [-0.39, 0.29) is 18.9 Å². The maximum Gasteiger partial charge on any atom is 0.232 e. The van der Waals surface area contributed by atoms with Crippen LogP contribution in [-0.4, -0.2) is 40.7 Å². The summed E-state index contributed by atoms with van der Waals surface area (Å²) in [6.07, 6.45) is 1.74. The number of sulfonamides is 1. The Hall–Kier alpha value is -4.20. The second-order valence-electron chi connectivity index (χ2n) is 9.83. The minimum atomic E-state index is -3.67. The van der Waals surface area contributed by atoms with Gasteiger partial charge < -0.3 is 9.15 Å². The SMILES string of the molecule is COCC(=O)c1c(-c2ccc(C)cc2)oc2cc(N(CCc3ccccc3)S(C)(=O)=O)c(-c3ccccc3)cc12. The van der Waals surface area contributed by atoms with Gasteiger partial charge in [0.1, 0.15) is 18.0 Å². The third-order valence-electron chi connectivity index (χ3n) is 6.87. The van der Waals surface area contributed by atoms with Gasteiger partial charge in [0, 0.05) is 36.2 Å². The summed E-state index contributed by atoms with van der Waals surface area (Å²) in [5.74, 6) is 0.219. The van der Waals surface area contributed by atoms with Crippen molar-refractivity contribution in [3.05, 3.63) is 114 Å². The van der Waals surface area contributed by atoms with E-state index in [0.29, 0.717) is 40.0 Å². The highest BCUT2D eigenvalue weighted by molar-refractivity contribution is 7.92. The quantitative estimate of drug-likeness (QED) is 0.176. The number of carbonyl (C=O) groups is 1. The normalized spacial score (nSPS) is 11.6. The Morgan fingerprint density at radius 1 is 0.875 bits per heavy atom. The molecule has 0 aliphatic heterocycles. The van der Waals surface area contributed by atoms with Crippen molar-refractivity contribution in [2.75, 3.05) is 30.8 Å². The van der Waals surface area contributed by atoms with Crippen LogP contribution in [0.25, 0.3) is 33.4 Å². The number of methoxy groups -OCH3 is 1. The van der Waals surface area contributed by atoms with Gasteiger partial charge in [-0.3, -0.25) is 9.10 Å². The van der Waals surface area contributed by atoms with E-state index in [1.807, 2.05) is 97.9 Å². The monoisotopic (exact) mass is 553 g/mol. The lowest BCUT2D eigenvalue weighted by Crippen LogP contribution is -2.32. The summed E-state index contributed by atoms with van der Waals surface area (Å²) in [4.78, 5) is 13.4. The lowest BCUT2D eigenvalue weighted by molar-refractivity contribution is 0.0849. The maximum absolute atomic E-state index is 13.4. The van der Waals surface area contributed by atoms with Crippen molar-refractivity contribution in [1.29, 1.82) is 0 Å². The van der Waals surface area contributed by atoms with Crippen molar-refractivity contribution in [2.24, 2.45) is 0 Å². The summed E-state index contributed by atoms with van der Waals surface area (Å²) >= 11 is 0. The smallest absolute Gasteiger partial charge is 0.232 e. The first-order chi connectivity index (χ1) is 19.3. The molecule has 0 bridgehead atoms. The van der Waals surface area contributed by atoms with E-state index in [1.165, 1.54) is 17.7 Å². The number of Topliss-reactive ketones (excluding diaryl/α,β-unsaturated/α-hetero) is 1. The Morgan fingerprint density at radius 2 is 1.52 bits per heavy atom. The molecular formula is C33H31NO5S. The van der Waals surface area contributed by atoms with Crippen LogP contribution < -0.4 is 4.31 Å². The minimum Gasteiger partial charge on any atom is -0.455 e. The summed E-state index contributed by atoms with van der Waals surface area (Å²) in [5, 5.41) is 0.608. The summed E-state index contributed by atoms with van der Waals surface area (Å²) in [6, 6.07) is 30.7. The number of hydrogen-bond acceptors (Lipinski definition) is 5. The Bertz CT molecular complexity index is 1740. The number of rotatable bonds is 10. The van der Waals surface area contributed by atoms with Gasteiger partial charge in [-0.15, -0.1) is 0 Å². The van der Waals surface area contributed by atoms with Crippen LogP contribution in [0.15, 0.2) is 101 Å². The molecule has 0 atom stereocenters. The Morgan fingerprint density at radius 3 is 2.15 bits per heavy atom. The van der Waals surface area contributed by atoms with Crippen molar-refractivity contribution in [2.45, 2.75) is 13.3 Å². The van der Waals surface area contributed by atoms with E-state index in [4.69, 9.17) is 9.15 Å². The van der Waals surface area contributed by atoms with Crippen molar-refractivity contribution in [3.8, 4) is 22.5 Å². The second-order valence-corrected chi connectivity index (χ2v) is 11.7. The first-order valence-electron chi connectivity index (χ1n) is 13.0. The van der Waals surface area contributed by atoms with Crippen molar-refractivity contribution in [3.63, 3.8) is 0 Å². The van der Waals surface area contributed by atoms with Crippen LogP contribution in [0.5, 0.6) is 0 Å². The molecule has 6 nitrogen and oxygen atoms in total. The molecule has 7 heteroatoms. The number of aryl methyl sites for hydroxylation is 1. The zero-order valence-electron chi connectivity index (χ0n) is 22.8. The van der Waals surface area contributed by atoms with Crippen LogP contribution in [0.2, 0.25) is 0 Å². The van der Waals surface area contributed by atoms with Gasteiger partial charge in [0.2, 0.25) is 10.0 Å². The van der Waals surface area contributed by atoms with Crippen molar-refractivity contribution in [1.82, 2.24) is 0 Å². The van der Waals surface area contributed by atoms with Crippen molar-refractivity contribution < 1.29 is 22.4 Å². The fourth-order valence-corrected chi connectivity index (χ4v) is 5.85. The highest BCUT2D eigenvalue weighted by atomic mass is 32.2. The predicted molar refractivity (Wildman–Crippen MR) is 160 cm³/mol. The van der Waals surface area contributed by atoms with Gasteiger partial charge in [0.05, 0.1) is 17.5 Å². The molecule has 4 aromatic carbocycles. The lowest BCUT2D eigenvalue weighted by atomic mass is 9.97. The zero-order valence-corrected chi connectivity index (χ0v) is 23.6. The van der Waals surface area contributed by atoms with Gasteiger partial charge in [-0.2, -0.15) is 0 Å². The van der Waals surface area contributed by atoms with E-state index in [1.54, 1.807) is 6.07 Å². The molecule has 40 heavy (non-hydrogen) atoms. The predicted octanol–water partition coefficient (Wildman–Crippen LogP) is 6.91. The number of furan rings is 1. The number of fused-ring (bicyclic) bond motifs is 1. The number of ether oxygens (including phenoxy) is 1. The Kier molecular flexibility index (Phi) is 7.87. The van der Waals surface area contributed by atoms with Crippen LogP contribution in [0.3, 0.4) is 0 Å². The van der Waals surface area contributed by atoms with Gasteiger partial charge in [-0.1, -0.05) is 90.5 Å². The molecule has 0 saturated carbocycles. The Labute approximate surface area is 234 Å². The van der Waals surface area contributed by atoms with Crippen LogP contribution in [0, 0.1) is 6.92 Å². The third-order valence-corrected chi connectivity index (χ3v) is 8.05. The van der Waals surface area contributed by atoms with E-state index in [2.05, 4.69) is 0 Å². The van der Waals surface area contributed by atoms with Crippen LogP contribution in [0.1, 0.15) is 21.5 Å². The fourth-order valence-electron chi connectivity index (χ4n) is 4.92. The van der Waals surface area contributed by atoms with Crippen LogP contribution in [0.4, 0.5) is 5.69 Å². The number of hydrogen-bond donors (Lipinski definition) is 0. The highest BCUT2D eigenvalue weighted by Gasteiger charge is 2.27. The largest absolute Gasteiger partial charge is 0.455 e. The van der Waals surface area contributed by atoms with E-state index in [9.17, 15) is 13.2 Å². The van der Waals surface area contributed by atoms with Gasteiger partial charge in [-0.05, 0) is 30.5 Å². The first kappa shape index (κ1) is 27.4. The first-order valence-corrected chi connectivity index (χ1v) is 14.9. The highest BCUT2D eigenvalue weighted by Crippen LogP contribution is 2.42. The molecule has 5 aromatic rings. The fraction of sp³-hybridized carbons (Fsp3) is 0.182. The number of carbonyl (C=O) groups excluding carboxylic acids is 1. The lowest BCUT2D eigenvalue weighted by Gasteiger charge is -2.25. The molecule has 0 saturated heterocycles. The molecule has 0 unspecified atom stereocenters. The molecule has 0 radical (unpaired) electrons. The van der Waals surface area contributed by atoms with E-state index >= 15 is 0 Å². The third kappa shape index (κ3) is 5.71. The van der Waals surface area contributed by atoms with Gasteiger partial charge in [0.15, 0.2) is 5.78 Å². The molecule has 1 heterocycles. The molecule has 0 amide bonds. The van der Waals surface area contributed by atoms with Crippen LogP contribution in [-0.2, 0) is 21.2 Å². The summed E-state index contributed by atoms with van der Waals surface area (Å²) in [6.45, 7) is 2.13. The Balaban J connectivity index is 1.75. The number of nitrogens with zero attached hydrogens (tertiary/aromatic N) is 1. The zero-order chi connectivity index (χ0) is 28.3. The molecule has 0 fully saturated rings. The van der Waals surface area contributed by atoms with Crippen molar-refractivity contribution >= 4 is 32.5 Å². The molecule has 5 rings (SSSR count). The topological polar surface area (TPSA) is 76.8 Å². The van der Waals surface area contributed by atoms with E-state index in [0.717, 1.165) is 22.3 Å². The molecule has 0 aliphatic carbocycles. The molecule has 0 aliphatic rings. The average Bonchev–Trinajstić information content (AvgIpc) is 3.32. The van der Waals surface area contributed by atoms with E-state index < -0.39 is 10.0 Å². The maximum atomic E-state index is 13.4. The minimum absolute atomic E-state index is 0.109. The number of ketones is 1. The summed E-state index contributed by atoms with van der Waals surface area (Å²) in [7, 11) is -2.19. The second kappa shape index (κ2) is 11.5. The average molecular weight is 554 g/mol. The summed E-state index contributed by atoms with van der Waals surface area (Å²) < 4.78 is 39.4. The summed E-state index contributed by atoms with van der Waals surface area (Å²) in [5.41, 5.74) is 5.73. The molecule has 204 valence electrons. The molecule has 1 aromatic heterocycles. The number of benzene rings is 4. The molecular weight excluding hydrogens is 522 g/mol. The van der Waals surface area contributed by atoms with Gasteiger partial charge in [-0.25, -0.2) is 8.42 Å². The van der Waals surface area contributed by atoms with Gasteiger partial charge >= 0.3 is 0 Å². The molecule has 0 N–H and O–H groups in total. The molecule has 0 spiro atoms. The van der Waals surface area contributed by atoms with Crippen LogP contribution >= 0.6 is 0 Å². The number of anilines is 1. The standard InChI is InChI=1S/C33H31NO5S/c1-23-14-16-26(17-15-23)33-32(30(35)22-38-2)28-20-27(25-12-8-5-9-13-25)29(21-31(28)39-33)34(40(3,36)37)19-18-24-10-6-4-7-11-24/h4-17,20-21H,18-19,22H2,1-3H3.